The number of benzene rings is 2. The molecule has 5 nitrogen and oxygen atoms in total. The fraction of sp³-hybridized carbons (Fsp3) is 0.176. The minimum absolute atomic E-state index is 0.0261. The number of nitrogens with one attached hydrogen (secondary N) is 2. The number of carbonyl (C=O) groups is 2. The Balaban J connectivity index is 2.00. The Kier molecular flexibility index (Phi) is 5.60. The smallest absolute Gasteiger partial charge is 0.337 e. The quantitative estimate of drug-likeness (QED) is 0.822. The molecule has 2 rings (SSSR count). The molecule has 0 aliphatic heterocycles. The summed E-state index contributed by atoms with van der Waals surface area (Å²) in [5, 5.41) is 6.12. The van der Waals surface area contributed by atoms with Crippen LogP contribution in [0.2, 0.25) is 5.02 Å². The number of amides is 1. The maximum absolute atomic E-state index is 12.0. The largest absolute Gasteiger partial charge is 0.465 e. The second kappa shape index (κ2) is 7.65. The Hall–Kier alpha value is -2.53. The molecule has 2 aromatic carbocycles. The van der Waals surface area contributed by atoms with Gasteiger partial charge in [0.2, 0.25) is 5.91 Å². The molecule has 0 radical (unpaired) electrons. The fourth-order valence-electron chi connectivity index (χ4n) is 2.01. The molecule has 120 valence electrons. The third kappa shape index (κ3) is 4.72. The third-order valence-corrected chi connectivity index (χ3v) is 3.46. The lowest BCUT2D eigenvalue weighted by molar-refractivity contribution is -0.114. The van der Waals surface area contributed by atoms with Crippen LogP contribution in [0.3, 0.4) is 0 Å². The molecule has 0 aromatic heterocycles. The zero-order valence-corrected chi connectivity index (χ0v) is 13.6. The molecule has 0 bridgehead atoms. The number of anilines is 2. The van der Waals surface area contributed by atoms with Crippen molar-refractivity contribution in [1.82, 2.24) is 0 Å². The molecular formula is C17H17ClN2O3. The Morgan fingerprint density at radius 1 is 1.17 bits per heavy atom. The SMILES string of the molecule is COC(=O)c1ccc(Cl)c(NCC(=O)Nc2cccc(C)c2)c1. The third-order valence-electron chi connectivity index (χ3n) is 3.13. The van der Waals surface area contributed by atoms with Gasteiger partial charge in [-0.25, -0.2) is 4.79 Å². The zero-order valence-electron chi connectivity index (χ0n) is 12.9. The molecule has 0 fully saturated rings. The van der Waals surface area contributed by atoms with Crippen LogP contribution in [0.15, 0.2) is 42.5 Å². The second-order valence-corrected chi connectivity index (χ2v) is 5.36. The average molecular weight is 333 g/mol. The van der Waals surface area contributed by atoms with Gasteiger partial charge in [-0.2, -0.15) is 0 Å². The number of ether oxygens (including phenoxy) is 1. The van der Waals surface area contributed by atoms with Gasteiger partial charge < -0.3 is 15.4 Å². The van der Waals surface area contributed by atoms with Gasteiger partial charge in [0.15, 0.2) is 0 Å². The van der Waals surface area contributed by atoms with Gasteiger partial charge in [0.05, 0.1) is 29.9 Å². The van der Waals surface area contributed by atoms with Crippen LogP contribution in [0.4, 0.5) is 11.4 Å². The van der Waals surface area contributed by atoms with Gasteiger partial charge in [-0.05, 0) is 42.8 Å². The summed E-state index contributed by atoms with van der Waals surface area (Å²) in [5.41, 5.74) is 2.64. The summed E-state index contributed by atoms with van der Waals surface area (Å²) in [6.45, 7) is 1.98. The van der Waals surface area contributed by atoms with Gasteiger partial charge in [0.1, 0.15) is 0 Å². The van der Waals surface area contributed by atoms with Crippen molar-refractivity contribution in [2.24, 2.45) is 0 Å². The van der Waals surface area contributed by atoms with Crippen molar-refractivity contribution in [3.05, 3.63) is 58.6 Å². The van der Waals surface area contributed by atoms with Crippen molar-refractivity contribution in [2.75, 3.05) is 24.3 Å². The van der Waals surface area contributed by atoms with Crippen LogP contribution < -0.4 is 10.6 Å². The summed E-state index contributed by atoms with van der Waals surface area (Å²) in [6.07, 6.45) is 0. The van der Waals surface area contributed by atoms with Crippen molar-refractivity contribution in [3.8, 4) is 0 Å². The number of methoxy groups -OCH3 is 1. The van der Waals surface area contributed by atoms with Crippen molar-refractivity contribution >= 4 is 34.9 Å². The molecule has 1 amide bonds. The highest BCUT2D eigenvalue weighted by atomic mass is 35.5. The van der Waals surface area contributed by atoms with Crippen LogP contribution >= 0.6 is 11.6 Å². The van der Waals surface area contributed by atoms with Crippen LogP contribution in [0, 0.1) is 6.92 Å². The van der Waals surface area contributed by atoms with Gasteiger partial charge in [-0.3, -0.25) is 4.79 Å². The highest BCUT2D eigenvalue weighted by molar-refractivity contribution is 6.33. The van der Waals surface area contributed by atoms with Gasteiger partial charge in [0.25, 0.3) is 0 Å². The van der Waals surface area contributed by atoms with Crippen molar-refractivity contribution in [3.63, 3.8) is 0 Å². The number of esters is 1. The van der Waals surface area contributed by atoms with E-state index in [1.807, 2.05) is 31.2 Å². The molecule has 0 saturated carbocycles. The van der Waals surface area contributed by atoms with E-state index >= 15 is 0 Å². The average Bonchev–Trinajstić information content (AvgIpc) is 2.53. The fourth-order valence-corrected chi connectivity index (χ4v) is 2.19. The summed E-state index contributed by atoms with van der Waals surface area (Å²) in [5.74, 6) is -0.677. The lowest BCUT2D eigenvalue weighted by Gasteiger charge is -2.10. The van der Waals surface area contributed by atoms with Crippen molar-refractivity contribution < 1.29 is 14.3 Å². The Labute approximate surface area is 139 Å². The van der Waals surface area contributed by atoms with Crippen molar-refractivity contribution in [2.45, 2.75) is 6.92 Å². The van der Waals surface area contributed by atoms with Crippen LogP contribution in [-0.2, 0) is 9.53 Å². The number of hydrogen-bond donors (Lipinski definition) is 2. The Bertz CT molecular complexity index is 732. The molecule has 23 heavy (non-hydrogen) atoms. The van der Waals surface area contributed by atoms with E-state index in [-0.39, 0.29) is 12.5 Å². The highest BCUT2D eigenvalue weighted by Gasteiger charge is 2.10. The van der Waals surface area contributed by atoms with Gasteiger partial charge in [-0.15, -0.1) is 0 Å². The van der Waals surface area contributed by atoms with Crippen LogP contribution in [0.1, 0.15) is 15.9 Å². The summed E-state index contributed by atoms with van der Waals surface area (Å²) in [6, 6.07) is 12.2. The standard InChI is InChI=1S/C17H17ClN2O3/c1-11-4-3-5-13(8-11)20-16(21)10-19-15-9-12(17(22)23-2)6-7-14(15)18/h3-9,19H,10H2,1-2H3,(H,20,21). The number of rotatable bonds is 5. The molecule has 0 spiro atoms. The summed E-state index contributed by atoms with van der Waals surface area (Å²) < 4.78 is 4.66. The minimum Gasteiger partial charge on any atom is -0.465 e. The molecule has 0 saturated heterocycles. The van der Waals surface area contributed by atoms with E-state index in [2.05, 4.69) is 15.4 Å². The van der Waals surface area contributed by atoms with Crippen LogP contribution in [0.25, 0.3) is 0 Å². The van der Waals surface area contributed by atoms with Crippen LogP contribution in [-0.4, -0.2) is 25.5 Å². The normalized spacial score (nSPS) is 10.0. The summed E-state index contributed by atoms with van der Waals surface area (Å²) >= 11 is 6.06. The Morgan fingerprint density at radius 2 is 1.96 bits per heavy atom. The number of halogens is 1. The molecule has 6 heteroatoms. The minimum atomic E-state index is -0.464. The first kappa shape index (κ1) is 16.8. The molecule has 2 N–H and O–H groups in total. The Morgan fingerprint density at radius 3 is 2.65 bits per heavy atom. The highest BCUT2D eigenvalue weighted by Crippen LogP contribution is 2.23. The molecule has 2 aromatic rings. The van der Waals surface area contributed by atoms with E-state index < -0.39 is 5.97 Å². The first-order valence-corrected chi connectivity index (χ1v) is 7.35. The van der Waals surface area contributed by atoms with E-state index in [1.54, 1.807) is 18.2 Å². The number of hydrogen-bond acceptors (Lipinski definition) is 4. The maximum Gasteiger partial charge on any atom is 0.337 e. The summed E-state index contributed by atoms with van der Waals surface area (Å²) in [4.78, 5) is 23.5. The predicted molar refractivity (Wildman–Crippen MR) is 91.1 cm³/mol. The molecule has 0 aliphatic carbocycles. The van der Waals surface area contributed by atoms with Gasteiger partial charge in [-0.1, -0.05) is 23.7 Å². The van der Waals surface area contributed by atoms with Gasteiger partial charge in [0, 0.05) is 5.69 Å². The molecule has 0 atom stereocenters. The van der Waals surface area contributed by atoms with E-state index in [9.17, 15) is 9.59 Å². The number of aryl methyl sites for hydroxylation is 1. The second-order valence-electron chi connectivity index (χ2n) is 4.96. The topological polar surface area (TPSA) is 67.4 Å². The first-order valence-electron chi connectivity index (χ1n) is 6.98. The molecule has 0 heterocycles. The van der Waals surface area contributed by atoms with E-state index in [0.717, 1.165) is 11.3 Å². The maximum atomic E-state index is 12.0. The number of carbonyl (C=O) groups excluding carboxylic acids is 2. The lowest BCUT2D eigenvalue weighted by atomic mass is 10.2. The van der Waals surface area contributed by atoms with Crippen molar-refractivity contribution in [1.29, 1.82) is 0 Å². The van der Waals surface area contributed by atoms with Crippen LogP contribution in [0.5, 0.6) is 0 Å². The molecule has 0 aliphatic rings. The monoisotopic (exact) mass is 332 g/mol. The van der Waals surface area contributed by atoms with Gasteiger partial charge >= 0.3 is 5.97 Å². The van der Waals surface area contributed by atoms with E-state index in [0.29, 0.717) is 16.3 Å². The molecular weight excluding hydrogens is 316 g/mol. The van der Waals surface area contributed by atoms with E-state index in [4.69, 9.17) is 11.6 Å². The molecule has 0 unspecified atom stereocenters. The summed E-state index contributed by atoms with van der Waals surface area (Å²) in [7, 11) is 1.30. The zero-order chi connectivity index (χ0) is 16.8. The lowest BCUT2D eigenvalue weighted by Crippen LogP contribution is -2.22. The predicted octanol–water partition coefficient (Wildman–Crippen LogP) is 3.49. The first-order chi connectivity index (χ1) is 11.0. The van der Waals surface area contributed by atoms with E-state index in [1.165, 1.54) is 7.11 Å².